The lowest BCUT2D eigenvalue weighted by Gasteiger charge is -2.28. The Morgan fingerprint density at radius 2 is 1.60 bits per heavy atom. The van der Waals surface area contributed by atoms with Gasteiger partial charge in [-0.2, -0.15) is 0 Å². The first kappa shape index (κ1) is 30.0. The maximum atomic E-state index is 12.7. The number of amides is 1. The molecule has 1 atom stereocenters. The lowest BCUT2D eigenvalue weighted by atomic mass is 9.89. The molecule has 0 radical (unpaired) electrons. The van der Waals surface area contributed by atoms with E-state index in [9.17, 15) is 4.79 Å². The fourth-order valence-electron chi connectivity index (χ4n) is 4.61. The third-order valence-electron chi connectivity index (χ3n) is 6.48. The summed E-state index contributed by atoms with van der Waals surface area (Å²) in [7, 11) is 0. The van der Waals surface area contributed by atoms with Gasteiger partial charge in [0.25, 0.3) is 0 Å². The molecule has 6 nitrogen and oxygen atoms in total. The second-order valence-corrected chi connectivity index (χ2v) is 12.7. The molecule has 0 bridgehead atoms. The first-order chi connectivity index (χ1) is 16.5. The van der Waals surface area contributed by atoms with Crippen LogP contribution in [0.4, 0.5) is 4.79 Å². The zero-order valence-electron chi connectivity index (χ0n) is 23.3. The molecule has 0 aromatic carbocycles. The number of unbranched alkanes of at least 4 members (excludes halogenated alkanes) is 8. The fraction of sp³-hybridized carbons (Fsp3) is 0.857. The Balaban J connectivity index is 1.63. The molecule has 1 amide bonds. The van der Waals surface area contributed by atoms with Crippen LogP contribution in [0.5, 0.6) is 0 Å². The second kappa shape index (κ2) is 14.5. The first-order valence-corrected chi connectivity index (χ1v) is 14.2. The van der Waals surface area contributed by atoms with Crippen LogP contribution in [0.1, 0.15) is 130 Å². The van der Waals surface area contributed by atoms with Crippen molar-refractivity contribution in [2.75, 3.05) is 13.2 Å². The van der Waals surface area contributed by atoms with Gasteiger partial charge in [-0.1, -0.05) is 72.1 Å². The highest BCUT2D eigenvalue weighted by molar-refractivity contribution is 7.80. The summed E-state index contributed by atoms with van der Waals surface area (Å²) in [6.07, 6.45) is 16.4. The van der Waals surface area contributed by atoms with Crippen molar-refractivity contribution in [1.29, 1.82) is 0 Å². The Morgan fingerprint density at radius 3 is 2.20 bits per heavy atom. The van der Waals surface area contributed by atoms with Crippen molar-refractivity contribution in [3.63, 3.8) is 0 Å². The molecule has 0 aliphatic carbocycles. The maximum Gasteiger partial charge on any atom is 0.410 e. The molecule has 0 spiro atoms. The molecule has 2 rings (SSSR count). The van der Waals surface area contributed by atoms with E-state index in [2.05, 4.69) is 38.4 Å². The standard InChI is InChI=1S/C28H51N3O3S/c1-27(2,3)18-14-12-10-8-7-9-11-13-15-20-33-22-31-24(35)21-29-25(31)23-17-16-19-30(23)26(32)34-28(4,5)6/h21,23,35H,7-20,22H2,1-6H3. The number of likely N-dealkylation sites (tertiary alicyclic amines) is 1. The van der Waals surface area contributed by atoms with Crippen LogP contribution in [0.3, 0.4) is 0 Å². The van der Waals surface area contributed by atoms with Gasteiger partial charge in [0.05, 0.1) is 17.3 Å². The molecular weight excluding hydrogens is 458 g/mol. The van der Waals surface area contributed by atoms with Crippen molar-refractivity contribution in [2.45, 2.75) is 142 Å². The average Bonchev–Trinajstić information content (AvgIpc) is 3.36. The number of rotatable bonds is 14. The lowest BCUT2D eigenvalue weighted by molar-refractivity contribution is 0.0198. The van der Waals surface area contributed by atoms with Gasteiger partial charge in [0, 0.05) is 13.2 Å². The summed E-state index contributed by atoms with van der Waals surface area (Å²) in [5.41, 5.74) is -0.0313. The van der Waals surface area contributed by atoms with Crippen LogP contribution in [0.2, 0.25) is 0 Å². The summed E-state index contributed by atoms with van der Waals surface area (Å²) in [4.78, 5) is 19.1. The number of imidazole rings is 1. The molecule has 1 unspecified atom stereocenters. The van der Waals surface area contributed by atoms with Crippen LogP contribution in [0, 0.1) is 5.41 Å². The van der Waals surface area contributed by atoms with Crippen LogP contribution in [-0.4, -0.2) is 39.3 Å². The minimum Gasteiger partial charge on any atom is -0.444 e. The summed E-state index contributed by atoms with van der Waals surface area (Å²) in [5.74, 6) is 0.834. The van der Waals surface area contributed by atoms with Gasteiger partial charge < -0.3 is 9.47 Å². The van der Waals surface area contributed by atoms with Gasteiger partial charge >= 0.3 is 6.09 Å². The van der Waals surface area contributed by atoms with E-state index in [4.69, 9.17) is 9.47 Å². The van der Waals surface area contributed by atoms with Crippen LogP contribution in [0.25, 0.3) is 0 Å². The zero-order chi connectivity index (χ0) is 25.9. The number of carbonyl (C=O) groups is 1. The number of thiol groups is 1. The summed E-state index contributed by atoms with van der Waals surface area (Å²) in [6, 6.07) is -0.0946. The average molecular weight is 510 g/mol. The van der Waals surface area contributed by atoms with E-state index in [-0.39, 0.29) is 12.1 Å². The monoisotopic (exact) mass is 509 g/mol. The largest absolute Gasteiger partial charge is 0.444 e. The molecule has 1 fully saturated rings. The zero-order valence-corrected chi connectivity index (χ0v) is 24.2. The third kappa shape index (κ3) is 11.6. The quantitative estimate of drug-likeness (QED) is 0.203. The molecular formula is C28H51N3O3S. The third-order valence-corrected chi connectivity index (χ3v) is 6.84. The minimum atomic E-state index is -0.510. The highest BCUT2D eigenvalue weighted by atomic mass is 32.1. The predicted molar refractivity (Wildman–Crippen MR) is 146 cm³/mol. The Morgan fingerprint density at radius 1 is 1.00 bits per heavy atom. The summed E-state index contributed by atoms with van der Waals surface area (Å²) in [6.45, 7) is 14.5. The molecule has 1 aromatic rings. The second-order valence-electron chi connectivity index (χ2n) is 12.3. The van der Waals surface area contributed by atoms with E-state index >= 15 is 0 Å². The number of carbonyl (C=O) groups excluding carboxylic acids is 1. The summed E-state index contributed by atoms with van der Waals surface area (Å²) >= 11 is 4.57. The fourth-order valence-corrected chi connectivity index (χ4v) is 4.82. The Hall–Kier alpha value is -1.21. The van der Waals surface area contributed by atoms with Crippen molar-refractivity contribution in [1.82, 2.24) is 14.5 Å². The van der Waals surface area contributed by atoms with Crippen molar-refractivity contribution in [2.24, 2.45) is 5.41 Å². The number of nitrogens with zero attached hydrogens (tertiary/aromatic N) is 3. The normalized spacial score (nSPS) is 16.8. The molecule has 0 saturated carbocycles. The van der Waals surface area contributed by atoms with Crippen LogP contribution >= 0.6 is 12.6 Å². The molecule has 202 valence electrons. The molecule has 1 saturated heterocycles. The lowest BCUT2D eigenvalue weighted by Crippen LogP contribution is -2.37. The number of aromatic nitrogens is 2. The van der Waals surface area contributed by atoms with E-state index in [1.54, 1.807) is 11.1 Å². The number of ether oxygens (including phenoxy) is 2. The summed E-state index contributed by atoms with van der Waals surface area (Å²) < 4.78 is 13.6. The van der Waals surface area contributed by atoms with Gasteiger partial charge in [-0.15, -0.1) is 12.6 Å². The Bertz CT molecular complexity index is 752. The van der Waals surface area contributed by atoms with Crippen molar-refractivity contribution in [3.05, 3.63) is 12.0 Å². The van der Waals surface area contributed by atoms with Gasteiger partial charge in [0.1, 0.15) is 18.2 Å². The van der Waals surface area contributed by atoms with Gasteiger partial charge in [-0.3, -0.25) is 9.47 Å². The number of hydrogen-bond acceptors (Lipinski definition) is 5. The van der Waals surface area contributed by atoms with E-state index < -0.39 is 5.60 Å². The molecule has 1 aliphatic heterocycles. The van der Waals surface area contributed by atoms with Gasteiger partial charge in [-0.25, -0.2) is 9.78 Å². The Kier molecular flexibility index (Phi) is 12.4. The summed E-state index contributed by atoms with van der Waals surface area (Å²) in [5, 5.41) is 0.763. The first-order valence-electron chi connectivity index (χ1n) is 13.8. The minimum absolute atomic E-state index is 0.0946. The van der Waals surface area contributed by atoms with Crippen LogP contribution in [0.15, 0.2) is 11.2 Å². The van der Waals surface area contributed by atoms with E-state index in [0.29, 0.717) is 18.7 Å². The van der Waals surface area contributed by atoms with E-state index in [1.165, 1.54) is 57.8 Å². The number of hydrogen-bond donors (Lipinski definition) is 1. The highest BCUT2D eigenvalue weighted by Crippen LogP contribution is 2.33. The molecule has 35 heavy (non-hydrogen) atoms. The van der Waals surface area contributed by atoms with Crippen molar-refractivity contribution in [3.8, 4) is 0 Å². The molecule has 2 heterocycles. The topological polar surface area (TPSA) is 56.6 Å². The van der Waals surface area contributed by atoms with Gasteiger partial charge in [0.2, 0.25) is 0 Å². The van der Waals surface area contributed by atoms with Crippen LogP contribution < -0.4 is 0 Å². The Labute approximate surface area is 219 Å². The smallest absolute Gasteiger partial charge is 0.410 e. The van der Waals surface area contributed by atoms with Gasteiger partial charge in [-0.05, 0) is 51.9 Å². The SMILES string of the molecule is CC(C)(C)CCCCCCCCCCCOCn1c(S)cnc1C1CCCN1C(=O)OC(C)(C)C. The van der Waals surface area contributed by atoms with Crippen LogP contribution in [-0.2, 0) is 16.2 Å². The van der Waals surface area contributed by atoms with E-state index in [1.807, 2.05) is 25.3 Å². The van der Waals surface area contributed by atoms with E-state index in [0.717, 1.165) is 36.7 Å². The molecule has 1 aliphatic rings. The predicted octanol–water partition coefficient (Wildman–Crippen LogP) is 8.17. The molecule has 7 heteroatoms. The van der Waals surface area contributed by atoms with Crippen molar-refractivity contribution >= 4 is 18.7 Å². The maximum absolute atomic E-state index is 12.7. The molecule has 1 aromatic heterocycles. The molecule has 0 N–H and O–H groups in total. The van der Waals surface area contributed by atoms with Crippen molar-refractivity contribution < 1.29 is 14.3 Å². The van der Waals surface area contributed by atoms with Gasteiger partial charge in [0.15, 0.2) is 0 Å². The highest BCUT2D eigenvalue weighted by Gasteiger charge is 2.36.